The SMILES string of the molecule is CC(C)(C)OC(=O)NC1(c2ccc(-c3nc4c(-c5ccnn5C(=O)OC(C)(C)C)cccn4c3-c3ccccc3)cc2)CCC1. The number of nitrogens with zero attached hydrogens (tertiary/aromatic N) is 4. The molecule has 9 nitrogen and oxygen atoms in total. The Morgan fingerprint density at radius 3 is 2.13 bits per heavy atom. The average Bonchev–Trinajstić information content (AvgIpc) is 3.59. The first-order chi connectivity index (χ1) is 21.3. The van der Waals surface area contributed by atoms with Gasteiger partial charge in [-0.25, -0.2) is 14.6 Å². The van der Waals surface area contributed by atoms with Crippen LogP contribution in [0.1, 0.15) is 66.4 Å². The highest BCUT2D eigenvalue weighted by atomic mass is 16.6. The maximum absolute atomic E-state index is 13.1. The van der Waals surface area contributed by atoms with Crippen molar-refractivity contribution in [3.05, 3.63) is 90.8 Å². The molecule has 0 bridgehead atoms. The normalized spacial score (nSPS) is 14.5. The van der Waals surface area contributed by atoms with Crippen LogP contribution >= 0.6 is 0 Å². The number of aromatic nitrogens is 4. The largest absolute Gasteiger partial charge is 0.444 e. The van der Waals surface area contributed by atoms with Crippen molar-refractivity contribution in [1.29, 1.82) is 0 Å². The summed E-state index contributed by atoms with van der Waals surface area (Å²) in [6.45, 7) is 11.1. The lowest BCUT2D eigenvalue weighted by Crippen LogP contribution is -2.52. The van der Waals surface area contributed by atoms with E-state index in [0.29, 0.717) is 11.3 Å². The fourth-order valence-electron chi connectivity index (χ4n) is 5.76. The van der Waals surface area contributed by atoms with Gasteiger partial charge in [0.25, 0.3) is 0 Å². The minimum absolute atomic E-state index is 0.406. The number of ether oxygens (including phenoxy) is 2. The molecule has 1 saturated carbocycles. The lowest BCUT2D eigenvalue weighted by atomic mass is 9.71. The van der Waals surface area contributed by atoms with Gasteiger partial charge in [0.1, 0.15) is 16.8 Å². The summed E-state index contributed by atoms with van der Waals surface area (Å²) in [5, 5.41) is 7.43. The molecule has 45 heavy (non-hydrogen) atoms. The summed E-state index contributed by atoms with van der Waals surface area (Å²) in [4.78, 5) is 31.0. The van der Waals surface area contributed by atoms with E-state index in [1.165, 1.54) is 4.68 Å². The Bertz CT molecular complexity index is 1850. The van der Waals surface area contributed by atoms with Crippen LogP contribution in [0.4, 0.5) is 9.59 Å². The molecule has 1 N–H and O–H groups in total. The van der Waals surface area contributed by atoms with E-state index in [2.05, 4.69) is 51.2 Å². The lowest BCUT2D eigenvalue weighted by Gasteiger charge is -2.43. The molecule has 0 spiro atoms. The van der Waals surface area contributed by atoms with E-state index in [-0.39, 0.29) is 0 Å². The predicted molar refractivity (Wildman–Crippen MR) is 174 cm³/mol. The molecule has 0 saturated heterocycles. The van der Waals surface area contributed by atoms with Crippen LogP contribution in [0.5, 0.6) is 0 Å². The molecule has 5 aromatic rings. The van der Waals surface area contributed by atoms with Gasteiger partial charge in [-0.15, -0.1) is 0 Å². The molecule has 0 atom stereocenters. The minimum Gasteiger partial charge on any atom is -0.444 e. The van der Waals surface area contributed by atoms with Gasteiger partial charge in [0.2, 0.25) is 0 Å². The first-order valence-corrected chi connectivity index (χ1v) is 15.3. The molecular formula is C36H39N5O4. The fraction of sp³-hybridized carbons (Fsp3) is 0.333. The Hall–Kier alpha value is -4.92. The van der Waals surface area contributed by atoms with Crippen molar-refractivity contribution in [2.24, 2.45) is 0 Å². The number of benzene rings is 2. The molecule has 232 valence electrons. The van der Waals surface area contributed by atoms with Gasteiger partial charge in [-0.1, -0.05) is 54.6 Å². The number of rotatable bonds is 5. The van der Waals surface area contributed by atoms with Crippen LogP contribution in [0.2, 0.25) is 0 Å². The summed E-state index contributed by atoms with van der Waals surface area (Å²) < 4.78 is 14.5. The Morgan fingerprint density at radius 1 is 0.822 bits per heavy atom. The van der Waals surface area contributed by atoms with E-state index >= 15 is 0 Å². The third-order valence-corrected chi connectivity index (χ3v) is 7.84. The van der Waals surface area contributed by atoms with Crippen molar-refractivity contribution in [1.82, 2.24) is 24.5 Å². The fourth-order valence-corrected chi connectivity index (χ4v) is 5.76. The van der Waals surface area contributed by atoms with E-state index in [1.54, 1.807) is 12.3 Å². The quantitative estimate of drug-likeness (QED) is 0.217. The first kappa shape index (κ1) is 30.1. The molecule has 3 heterocycles. The molecule has 1 fully saturated rings. The molecule has 3 aromatic heterocycles. The van der Waals surface area contributed by atoms with Crippen LogP contribution in [0.25, 0.3) is 39.4 Å². The Morgan fingerprint density at radius 2 is 1.51 bits per heavy atom. The minimum atomic E-state index is -0.667. The average molecular weight is 606 g/mol. The molecule has 0 unspecified atom stereocenters. The summed E-state index contributed by atoms with van der Waals surface area (Å²) in [5.41, 5.74) is 5.02. The van der Waals surface area contributed by atoms with Gasteiger partial charge < -0.3 is 14.8 Å². The second-order valence-corrected chi connectivity index (χ2v) is 13.5. The van der Waals surface area contributed by atoms with E-state index in [4.69, 9.17) is 14.5 Å². The first-order valence-electron chi connectivity index (χ1n) is 15.3. The van der Waals surface area contributed by atoms with E-state index < -0.39 is 28.9 Å². The summed E-state index contributed by atoms with van der Waals surface area (Å²) in [6.07, 6.45) is 5.34. The number of imidazole rings is 1. The zero-order valence-electron chi connectivity index (χ0n) is 26.6. The predicted octanol–water partition coefficient (Wildman–Crippen LogP) is 8.22. The number of fused-ring (bicyclic) bond motifs is 1. The van der Waals surface area contributed by atoms with Crippen LogP contribution in [-0.4, -0.2) is 42.6 Å². The smallest absolute Gasteiger partial charge is 0.435 e. The topological polar surface area (TPSA) is 99.7 Å². The van der Waals surface area contributed by atoms with Crippen molar-refractivity contribution in [3.8, 4) is 33.8 Å². The number of pyridine rings is 1. The van der Waals surface area contributed by atoms with Gasteiger partial charge in [-0.2, -0.15) is 9.78 Å². The van der Waals surface area contributed by atoms with Gasteiger partial charge in [-0.05, 0) is 84.6 Å². The Labute approximate surface area is 263 Å². The zero-order valence-corrected chi connectivity index (χ0v) is 26.6. The molecule has 6 rings (SSSR count). The van der Waals surface area contributed by atoms with Gasteiger partial charge in [0.15, 0.2) is 0 Å². The maximum atomic E-state index is 13.1. The van der Waals surface area contributed by atoms with Crippen LogP contribution in [0.15, 0.2) is 85.2 Å². The van der Waals surface area contributed by atoms with Gasteiger partial charge in [-0.3, -0.25) is 4.40 Å². The molecule has 1 aliphatic carbocycles. The summed E-state index contributed by atoms with van der Waals surface area (Å²) in [6, 6.07) is 24.1. The number of hydrogen-bond acceptors (Lipinski definition) is 6. The highest BCUT2D eigenvalue weighted by Crippen LogP contribution is 2.43. The third-order valence-electron chi connectivity index (χ3n) is 7.84. The van der Waals surface area contributed by atoms with Crippen LogP contribution in [0, 0.1) is 0 Å². The van der Waals surface area contributed by atoms with E-state index in [9.17, 15) is 9.59 Å². The Balaban J connectivity index is 1.43. The summed E-state index contributed by atoms with van der Waals surface area (Å²) in [5.74, 6) is 0. The highest BCUT2D eigenvalue weighted by molar-refractivity contribution is 5.89. The van der Waals surface area contributed by atoms with E-state index in [1.807, 2.05) is 78.1 Å². The van der Waals surface area contributed by atoms with Gasteiger partial charge in [0, 0.05) is 22.9 Å². The molecule has 9 heteroatoms. The number of hydrogen-bond donors (Lipinski definition) is 1. The van der Waals surface area contributed by atoms with Crippen molar-refractivity contribution in [2.75, 3.05) is 0 Å². The number of amides is 1. The maximum Gasteiger partial charge on any atom is 0.435 e. The molecule has 0 radical (unpaired) electrons. The lowest BCUT2D eigenvalue weighted by molar-refractivity contribution is 0.0376. The number of carbonyl (C=O) groups excluding carboxylic acids is 2. The van der Waals surface area contributed by atoms with Crippen molar-refractivity contribution in [2.45, 2.75) is 77.5 Å². The van der Waals surface area contributed by atoms with E-state index in [0.717, 1.165) is 52.9 Å². The van der Waals surface area contributed by atoms with Gasteiger partial charge in [0.05, 0.1) is 28.8 Å². The number of alkyl carbamates (subject to hydrolysis) is 1. The van der Waals surface area contributed by atoms with Crippen molar-refractivity contribution >= 4 is 17.8 Å². The Kier molecular flexibility index (Phi) is 7.51. The van der Waals surface area contributed by atoms with Gasteiger partial charge >= 0.3 is 12.2 Å². The van der Waals surface area contributed by atoms with Crippen LogP contribution in [-0.2, 0) is 15.0 Å². The molecule has 1 amide bonds. The monoisotopic (exact) mass is 605 g/mol. The second kappa shape index (κ2) is 11.2. The summed E-state index contributed by atoms with van der Waals surface area (Å²) in [7, 11) is 0. The molecule has 0 aliphatic heterocycles. The number of carbonyl (C=O) groups is 2. The highest BCUT2D eigenvalue weighted by Gasteiger charge is 2.41. The third kappa shape index (κ3) is 6.07. The zero-order chi connectivity index (χ0) is 32.0. The van der Waals surface area contributed by atoms with Crippen LogP contribution in [0.3, 0.4) is 0 Å². The second-order valence-electron chi connectivity index (χ2n) is 13.5. The standard InChI is InChI=1S/C36H39N5O4/c1-34(2,3)44-32(42)39-36(20-11-21-36)26-17-15-24(16-18-26)29-30(25-12-8-7-9-13-25)40-23-10-14-27(31(40)38-29)28-19-22-37-41(28)33(43)45-35(4,5)6/h7-10,12-19,22-23H,11,20-21H2,1-6H3,(H,39,42). The molecule has 2 aromatic carbocycles. The van der Waals surface area contributed by atoms with Crippen LogP contribution < -0.4 is 5.32 Å². The summed E-state index contributed by atoms with van der Waals surface area (Å²) >= 11 is 0. The molecular weight excluding hydrogens is 566 g/mol. The van der Waals surface area contributed by atoms with Crippen molar-refractivity contribution in [3.63, 3.8) is 0 Å². The molecule has 1 aliphatic rings. The van der Waals surface area contributed by atoms with Crippen molar-refractivity contribution < 1.29 is 19.1 Å². The number of nitrogens with one attached hydrogen (secondary N) is 1.